The van der Waals surface area contributed by atoms with Gasteiger partial charge in [-0.1, -0.05) is 121 Å². The standard InChI is InChI=1S/C46H31N3/c1-2-16-36(17-3-1)49-44-21-9-8-20-40(44)41-29-24-34-30-31-47(45(34)46(41)49)35-25-27-37(28-26-35)48(42-22-10-14-32-12-4-6-18-38(32)42)43-23-11-15-33-13-5-7-19-39(33)43/h1-31H. The highest BCUT2D eigenvalue weighted by molar-refractivity contribution is 6.18. The van der Waals surface area contributed by atoms with E-state index in [1.165, 1.54) is 54.3 Å². The molecule has 0 fully saturated rings. The minimum atomic E-state index is 1.11. The van der Waals surface area contributed by atoms with Crippen molar-refractivity contribution in [2.24, 2.45) is 0 Å². The average Bonchev–Trinajstić information content (AvgIpc) is 3.75. The molecule has 0 saturated heterocycles. The molecular weight excluding hydrogens is 595 g/mol. The monoisotopic (exact) mass is 625 g/mol. The van der Waals surface area contributed by atoms with Crippen LogP contribution in [0.3, 0.4) is 0 Å². The number of aromatic nitrogens is 2. The van der Waals surface area contributed by atoms with Crippen molar-refractivity contribution in [1.29, 1.82) is 0 Å². The van der Waals surface area contributed by atoms with Gasteiger partial charge in [-0.3, -0.25) is 0 Å². The van der Waals surface area contributed by atoms with Gasteiger partial charge in [-0.2, -0.15) is 0 Å². The molecule has 0 atom stereocenters. The molecule has 230 valence electrons. The van der Waals surface area contributed by atoms with Crippen LogP contribution < -0.4 is 4.90 Å². The molecule has 2 heterocycles. The van der Waals surface area contributed by atoms with Gasteiger partial charge in [0.2, 0.25) is 0 Å². The third kappa shape index (κ3) is 4.29. The Bertz CT molecular complexity index is 2730. The molecular formula is C46H31N3. The molecule has 0 aliphatic heterocycles. The first-order valence-corrected chi connectivity index (χ1v) is 16.8. The van der Waals surface area contributed by atoms with Crippen molar-refractivity contribution in [1.82, 2.24) is 9.13 Å². The maximum atomic E-state index is 2.42. The average molecular weight is 626 g/mol. The zero-order valence-electron chi connectivity index (χ0n) is 26.7. The second-order valence-electron chi connectivity index (χ2n) is 12.6. The van der Waals surface area contributed by atoms with Crippen molar-refractivity contribution < 1.29 is 0 Å². The molecule has 10 rings (SSSR count). The molecule has 0 spiro atoms. The molecule has 0 N–H and O–H groups in total. The van der Waals surface area contributed by atoms with Gasteiger partial charge in [-0.15, -0.1) is 0 Å². The summed E-state index contributed by atoms with van der Waals surface area (Å²) >= 11 is 0. The highest BCUT2D eigenvalue weighted by Gasteiger charge is 2.20. The summed E-state index contributed by atoms with van der Waals surface area (Å²) < 4.78 is 4.76. The Morgan fingerprint density at radius 2 is 0.939 bits per heavy atom. The van der Waals surface area contributed by atoms with E-state index < -0.39 is 0 Å². The van der Waals surface area contributed by atoms with Crippen molar-refractivity contribution in [2.45, 2.75) is 0 Å². The van der Waals surface area contributed by atoms with Crippen LogP contribution in [0.2, 0.25) is 0 Å². The van der Waals surface area contributed by atoms with E-state index in [-0.39, 0.29) is 0 Å². The first-order chi connectivity index (χ1) is 24.3. The fraction of sp³-hybridized carbons (Fsp3) is 0. The van der Waals surface area contributed by atoms with Gasteiger partial charge in [0.1, 0.15) is 0 Å². The number of para-hydroxylation sites is 2. The molecule has 2 aromatic heterocycles. The van der Waals surface area contributed by atoms with Gasteiger partial charge in [-0.05, 0) is 71.4 Å². The Morgan fingerprint density at radius 3 is 1.63 bits per heavy atom. The summed E-state index contributed by atoms with van der Waals surface area (Å²) in [4.78, 5) is 2.41. The van der Waals surface area contributed by atoms with E-state index in [4.69, 9.17) is 0 Å². The Kier molecular flexibility index (Phi) is 6.18. The molecule has 8 aromatic carbocycles. The first kappa shape index (κ1) is 27.5. The van der Waals surface area contributed by atoms with Crippen molar-refractivity contribution in [2.75, 3.05) is 4.90 Å². The lowest BCUT2D eigenvalue weighted by molar-refractivity contribution is 1.11. The van der Waals surface area contributed by atoms with Gasteiger partial charge >= 0.3 is 0 Å². The van der Waals surface area contributed by atoms with Crippen LogP contribution in [0.5, 0.6) is 0 Å². The van der Waals surface area contributed by atoms with Gasteiger partial charge in [0.05, 0.1) is 27.9 Å². The lowest BCUT2D eigenvalue weighted by Crippen LogP contribution is -2.11. The number of hydrogen-bond acceptors (Lipinski definition) is 1. The number of hydrogen-bond donors (Lipinski definition) is 0. The molecule has 0 radical (unpaired) electrons. The van der Waals surface area contributed by atoms with Gasteiger partial charge in [0.25, 0.3) is 0 Å². The highest BCUT2D eigenvalue weighted by atomic mass is 15.1. The number of fused-ring (bicyclic) bond motifs is 7. The second kappa shape index (κ2) is 11.0. The zero-order chi connectivity index (χ0) is 32.3. The van der Waals surface area contributed by atoms with Gasteiger partial charge in [0, 0.05) is 50.2 Å². The molecule has 3 nitrogen and oxygen atoms in total. The molecule has 3 heteroatoms. The van der Waals surface area contributed by atoms with E-state index in [0.29, 0.717) is 0 Å². The Morgan fingerprint density at radius 1 is 0.347 bits per heavy atom. The van der Waals surface area contributed by atoms with E-state index in [1.807, 2.05) is 0 Å². The minimum absolute atomic E-state index is 1.11. The van der Waals surface area contributed by atoms with Gasteiger partial charge in [0.15, 0.2) is 0 Å². The fourth-order valence-electron chi connectivity index (χ4n) is 7.71. The third-order valence-corrected chi connectivity index (χ3v) is 9.90. The summed E-state index contributed by atoms with van der Waals surface area (Å²) in [5.41, 5.74) is 9.32. The highest BCUT2D eigenvalue weighted by Crippen LogP contribution is 2.43. The molecule has 10 aromatic rings. The largest absolute Gasteiger partial charge is 0.315 e. The lowest BCUT2D eigenvalue weighted by Gasteiger charge is -2.28. The van der Waals surface area contributed by atoms with Crippen molar-refractivity contribution in [3.05, 3.63) is 188 Å². The van der Waals surface area contributed by atoms with Crippen LogP contribution in [0, 0.1) is 0 Å². The molecule has 0 saturated carbocycles. The first-order valence-electron chi connectivity index (χ1n) is 16.8. The minimum Gasteiger partial charge on any atom is -0.315 e. The molecule has 0 bridgehead atoms. The summed E-state index contributed by atoms with van der Waals surface area (Å²) in [6, 6.07) is 65.7. The van der Waals surface area contributed by atoms with Crippen LogP contribution in [0.25, 0.3) is 65.6 Å². The Hall–Kier alpha value is -6.58. The van der Waals surface area contributed by atoms with Crippen LogP contribution in [-0.2, 0) is 0 Å². The van der Waals surface area contributed by atoms with Crippen molar-refractivity contribution in [3.63, 3.8) is 0 Å². The zero-order valence-corrected chi connectivity index (χ0v) is 26.7. The predicted octanol–water partition coefficient (Wildman–Crippen LogP) is 12.5. The Labute approximate surface area is 284 Å². The summed E-state index contributed by atoms with van der Waals surface area (Å²) in [7, 11) is 0. The van der Waals surface area contributed by atoms with Crippen LogP contribution in [-0.4, -0.2) is 9.13 Å². The van der Waals surface area contributed by atoms with Crippen LogP contribution in [0.1, 0.15) is 0 Å². The van der Waals surface area contributed by atoms with E-state index in [2.05, 4.69) is 202 Å². The molecule has 0 aliphatic carbocycles. The number of nitrogens with zero attached hydrogens (tertiary/aromatic N) is 3. The Balaban J connectivity index is 1.19. The number of benzene rings is 8. The molecule has 49 heavy (non-hydrogen) atoms. The lowest BCUT2D eigenvalue weighted by atomic mass is 10.0. The number of rotatable bonds is 5. The van der Waals surface area contributed by atoms with Gasteiger partial charge < -0.3 is 14.0 Å². The summed E-state index contributed by atoms with van der Waals surface area (Å²) in [6.07, 6.45) is 2.21. The summed E-state index contributed by atoms with van der Waals surface area (Å²) in [5.74, 6) is 0. The maximum Gasteiger partial charge on any atom is 0.0788 e. The van der Waals surface area contributed by atoms with E-state index in [0.717, 1.165) is 28.4 Å². The van der Waals surface area contributed by atoms with E-state index >= 15 is 0 Å². The van der Waals surface area contributed by atoms with E-state index in [1.54, 1.807) is 0 Å². The summed E-state index contributed by atoms with van der Waals surface area (Å²) in [5, 5.41) is 8.60. The maximum absolute atomic E-state index is 2.42. The van der Waals surface area contributed by atoms with Gasteiger partial charge in [-0.25, -0.2) is 0 Å². The van der Waals surface area contributed by atoms with Crippen LogP contribution in [0.15, 0.2) is 188 Å². The SMILES string of the molecule is c1ccc(-n2c3ccccc3c3ccc4ccn(-c5ccc(N(c6cccc7ccccc67)c6cccc7ccccc67)cc5)c4c32)cc1. The number of anilines is 3. The molecule has 0 unspecified atom stereocenters. The van der Waals surface area contributed by atoms with Crippen molar-refractivity contribution in [3.8, 4) is 11.4 Å². The normalized spacial score (nSPS) is 11.7. The second-order valence-corrected chi connectivity index (χ2v) is 12.6. The van der Waals surface area contributed by atoms with Crippen LogP contribution in [0.4, 0.5) is 17.1 Å². The summed E-state index contributed by atoms with van der Waals surface area (Å²) in [6.45, 7) is 0. The van der Waals surface area contributed by atoms with Crippen LogP contribution >= 0.6 is 0 Å². The van der Waals surface area contributed by atoms with E-state index in [9.17, 15) is 0 Å². The predicted molar refractivity (Wildman–Crippen MR) is 207 cm³/mol. The smallest absolute Gasteiger partial charge is 0.0788 e. The molecule has 0 aliphatic rings. The molecule has 0 amide bonds. The fourth-order valence-corrected chi connectivity index (χ4v) is 7.71. The quantitative estimate of drug-likeness (QED) is 0.185. The van der Waals surface area contributed by atoms with Crippen molar-refractivity contribution >= 4 is 71.3 Å². The topological polar surface area (TPSA) is 13.1 Å². The third-order valence-electron chi connectivity index (χ3n) is 9.90.